The van der Waals surface area contributed by atoms with Gasteiger partial charge in [0.05, 0.1) is 32.2 Å². The van der Waals surface area contributed by atoms with Crippen molar-refractivity contribution in [3.05, 3.63) is 93.9 Å². The zero-order chi connectivity index (χ0) is 24.8. The first-order valence-electron chi connectivity index (χ1n) is 11.0. The number of carbonyl (C=O) groups is 2. The standard InChI is InChI=1S/C27H26N2O5S/c1-18(30)29-25(26-9-6-14-35-26)15-24(28-29)19-10-12-21(13-11-19)34-16-20-7-4-5-8-22(20)23(17-32-2)27(31)33-3/h4-14,17,25H,15-16H2,1-3H3/b23-17+. The van der Waals surface area contributed by atoms with E-state index in [1.54, 1.807) is 16.3 Å². The monoisotopic (exact) mass is 490 g/mol. The van der Waals surface area contributed by atoms with Gasteiger partial charge in [0.1, 0.15) is 17.9 Å². The van der Waals surface area contributed by atoms with Crippen molar-refractivity contribution >= 4 is 34.5 Å². The SMILES string of the molecule is CO/C=C(/C(=O)OC)c1ccccc1COc1ccc(C2=NN(C(C)=O)C(c3cccs3)C2)cc1. The molecule has 1 atom stereocenters. The van der Waals surface area contributed by atoms with Gasteiger partial charge in [0.15, 0.2) is 0 Å². The molecule has 7 nitrogen and oxygen atoms in total. The molecule has 0 spiro atoms. The Kier molecular flexibility index (Phi) is 7.62. The van der Waals surface area contributed by atoms with Gasteiger partial charge in [0.2, 0.25) is 5.91 Å². The molecule has 8 heteroatoms. The van der Waals surface area contributed by atoms with Crippen molar-refractivity contribution in [1.82, 2.24) is 5.01 Å². The third-order valence-electron chi connectivity index (χ3n) is 5.64. The summed E-state index contributed by atoms with van der Waals surface area (Å²) in [5.41, 5.74) is 3.63. The summed E-state index contributed by atoms with van der Waals surface area (Å²) in [6.45, 7) is 1.79. The van der Waals surface area contributed by atoms with E-state index < -0.39 is 5.97 Å². The maximum absolute atomic E-state index is 12.2. The molecule has 0 radical (unpaired) electrons. The van der Waals surface area contributed by atoms with Crippen LogP contribution in [-0.4, -0.2) is 36.8 Å². The quantitative estimate of drug-likeness (QED) is 0.247. The van der Waals surface area contributed by atoms with E-state index in [-0.39, 0.29) is 18.6 Å². The number of hydrogen-bond acceptors (Lipinski definition) is 7. The number of ether oxygens (including phenoxy) is 3. The van der Waals surface area contributed by atoms with Crippen LogP contribution in [-0.2, 0) is 25.7 Å². The Morgan fingerprint density at radius 2 is 1.86 bits per heavy atom. The Morgan fingerprint density at radius 1 is 1.09 bits per heavy atom. The van der Waals surface area contributed by atoms with Crippen LogP contribution in [0.15, 0.2) is 77.4 Å². The number of nitrogens with zero attached hydrogens (tertiary/aromatic N) is 2. The molecule has 180 valence electrons. The summed E-state index contributed by atoms with van der Waals surface area (Å²) in [6.07, 6.45) is 2.03. The van der Waals surface area contributed by atoms with Crippen LogP contribution in [0, 0.1) is 0 Å². The molecule has 0 aliphatic carbocycles. The summed E-state index contributed by atoms with van der Waals surface area (Å²) in [5, 5.41) is 8.17. The van der Waals surface area contributed by atoms with Crippen LogP contribution < -0.4 is 4.74 Å². The lowest BCUT2D eigenvalue weighted by Crippen LogP contribution is -2.23. The third kappa shape index (κ3) is 5.44. The van der Waals surface area contributed by atoms with Gasteiger partial charge in [-0.2, -0.15) is 5.10 Å². The second kappa shape index (κ2) is 11.0. The molecular formula is C27H26N2O5S. The van der Waals surface area contributed by atoms with Gasteiger partial charge < -0.3 is 14.2 Å². The summed E-state index contributed by atoms with van der Waals surface area (Å²) in [4.78, 5) is 25.5. The molecule has 4 rings (SSSR count). The zero-order valence-electron chi connectivity index (χ0n) is 19.8. The van der Waals surface area contributed by atoms with E-state index in [0.717, 1.165) is 21.7 Å². The van der Waals surface area contributed by atoms with Crippen molar-refractivity contribution in [1.29, 1.82) is 0 Å². The highest BCUT2D eigenvalue weighted by atomic mass is 32.1. The van der Waals surface area contributed by atoms with Gasteiger partial charge in [-0.1, -0.05) is 30.3 Å². The topological polar surface area (TPSA) is 77.4 Å². The first-order chi connectivity index (χ1) is 17.0. The van der Waals surface area contributed by atoms with Crippen molar-refractivity contribution < 1.29 is 23.8 Å². The molecule has 0 saturated heterocycles. The summed E-state index contributed by atoms with van der Waals surface area (Å²) in [5.74, 6) is 0.114. The number of esters is 1. The maximum Gasteiger partial charge on any atom is 0.341 e. The minimum absolute atomic E-state index is 0.0703. The summed E-state index contributed by atoms with van der Waals surface area (Å²) in [7, 11) is 2.82. The maximum atomic E-state index is 12.2. The van der Waals surface area contributed by atoms with E-state index >= 15 is 0 Å². The van der Waals surface area contributed by atoms with Gasteiger partial charge in [0.25, 0.3) is 0 Å². The normalized spacial score (nSPS) is 15.5. The Bertz CT molecular complexity index is 1250. The molecule has 1 amide bonds. The van der Waals surface area contributed by atoms with E-state index in [1.807, 2.05) is 66.0 Å². The third-order valence-corrected chi connectivity index (χ3v) is 6.61. The van der Waals surface area contributed by atoms with Crippen molar-refractivity contribution in [2.24, 2.45) is 5.10 Å². The molecule has 3 aromatic rings. The Balaban J connectivity index is 1.48. The van der Waals surface area contributed by atoms with Crippen molar-refractivity contribution in [3.8, 4) is 5.75 Å². The first-order valence-corrected chi connectivity index (χ1v) is 11.9. The van der Waals surface area contributed by atoms with Gasteiger partial charge >= 0.3 is 5.97 Å². The van der Waals surface area contributed by atoms with Crippen LogP contribution in [0.5, 0.6) is 5.75 Å². The number of benzene rings is 2. The van der Waals surface area contributed by atoms with Crippen molar-refractivity contribution in [2.45, 2.75) is 26.0 Å². The highest BCUT2D eigenvalue weighted by Gasteiger charge is 2.32. The molecular weight excluding hydrogens is 464 g/mol. The summed E-state index contributed by atoms with van der Waals surface area (Å²) in [6, 6.07) is 19.0. The molecule has 0 fully saturated rings. The second-order valence-corrected chi connectivity index (χ2v) is 8.85. The average molecular weight is 491 g/mol. The fraction of sp³-hybridized carbons (Fsp3) is 0.222. The number of thiophene rings is 1. The summed E-state index contributed by atoms with van der Waals surface area (Å²) < 4.78 is 16.0. The molecule has 1 aromatic heterocycles. The number of hydrazone groups is 1. The van der Waals surface area contributed by atoms with Gasteiger partial charge in [0, 0.05) is 18.2 Å². The molecule has 1 aliphatic heterocycles. The molecule has 35 heavy (non-hydrogen) atoms. The second-order valence-electron chi connectivity index (χ2n) is 7.87. The highest BCUT2D eigenvalue weighted by Crippen LogP contribution is 2.35. The van der Waals surface area contributed by atoms with Gasteiger partial charge in [-0.15, -0.1) is 11.3 Å². The molecule has 0 N–H and O–H groups in total. The largest absolute Gasteiger partial charge is 0.503 e. The van der Waals surface area contributed by atoms with Gasteiger partial charge in [-0.3, -0.25) is 4.79 Å². The minimum Gasteiger partial charge on any atom is -0.503 e. The molecule has 2 aromatic carbocycles. The number of hydrogen-bond donors (Lipinski definition) is 0. The predicted octanol–water partition coefficient (Wildman–Crippen LogP) is 5.19. The van der Waals surface area contributed by atoms with E-state index in [1.165, 1.54) is 27.4 Å². The number of rotatable bonds is 8. The average Bonchev–Trinajstić information content (AvgIpc) is 3.56. The van der Waals surface area contributed by atoms with Crippen LogP contribution >= 0.6 is 11.3 Å². The summed E-state index contributed by atoms with van der Waals surface area (Å²) >= 11 is 1.63. The lowest BCUT2D eigenvalue weighted by atomic mass is 10.0. The van der Waals surface area contributed by atoms with Crippen molar-refractivity contribution in [2.75, 3.05) is 14.2 Å². The molecule has 1 unspecified atom stereocenters. The van der Waals surface area contributed by atoms with Crippen LogP contribution in [0.4, 0.5) is 0 Å². The van der Waals surface area contributed by atoms with Crippen LogP contribution in [0.1, 0.15) is 41.0 Å². The fourth-order valence-electron chi connectivity index (χ4n) is 3.94. The van der Waals surface area contributed by atoms with Gasteiger partial charge in [-0.25, -0.2) is 9.80 Å². The Labute approximate surface area is 208 Å². The highest BCUT2D eigenvalue weighted by molar-refractivity contribution is 7.10. The molecule has 2 heterocycles. The number of carbonyl (C=O) groups excluding carboxylic acids is 2. The minimum atomic E-state index is -0.485. The lowest BCUT2D eigenvalue weighted by Gasteiger charge is -2.18. The predicted molar refractivity (Wildman–Crippen MR) is 135 cm³/mol. The fourth-order valence-corrected chi connectivity index (χ4v) is 4.75. The van der Waals surface area contributed by atoms with E-state index in [2.05, 4.69) is 5.10 Å². The van der Waals surface area contributed by atoms with E-state index in [9.17, 15) is 9.59 Å². The molecule has 0 bridgehead atoms. The van der Waals surface area contributed by atoms with Crippen LogP contribution in [0.25, 0.3) is 5.57 Å². The molecule has 1 aliphatic rings. The smallest absolute Gasteiger partial charge is 0.341 e. The molecule has 0 saturated carbocycles. The van der Waals surface area contributed by atoms with Crippen LogP contribution in [0.3, 0.4) is 0 Å². The Morgan fingerprint density at radius 3 is 2.51 bits per heavy atom. The zero-order valence-corrected chi connectivity index (χ0v) is 20.6. The van der Waals surface area contributed by atoms with Crippen molar-refractivity contribution in [3.63, 3.8) is 0 Å². The van der Waals surface area contributed by atoms with Crippen LogP contribution in [0.2, 0.25) is 0 Å². The first kappa shape index (κ1) is 24.2. The number of methoxy groups -OCH3 is 2. The van der Waals surface area contributed by atoms with E-state index in [4.69, 9.17) is 14.2 Å². The number of amides is 1. The van der Waals surface area contributed by atoms with Gasteiger partial charge in [-0.05, 0) is 52.4 Å². The Hall–Kier alpha value is -3.91. The lowest BCUT2D eigenvalue weighted by molar-refractivity contribution is -0.134. The van der Waals surface area contributed by atoms with E-state index in [0.29, 0.717) is 23.3 Å².